The number of carbonyl (C=O) groups excluding carboxylic acids is 3. The zero-order valence-electron chi connectivity index (χ0n) is 24.4. The molecule has 42 heavy (non-hydrogen) atoms. The zero-order valence-corrected chi connectivity index (χ0v) is 25.1. The molecule has 3 aromatic rings. The largest absolute Gasteiger partial charge is 0.481 e. The molecule has 1 heterocycles. The maximum atomic E-state index is 14.4. The van der Waals surface area contributed by atoms with Crippen molar-refractivity contribution in [3.8, 4) is 0 Å². The van der Waals surface area contributed by atoms with Crippen molar-refractivity contribution in [1.29, 1.82) is 0 Å². The number of ketones is 1. The number of unbranched alkanes of at least 4 members (excludes halogenated alkanes) is 1. The molecule has 0 aliphatic heterocycles. The topological polar surface area (TPSA) is 149 Å². The van der Waals surface area contributed by atoms with Gasteiger partial charge in [0.05, 0.1) is 0 Å². The molecular formula is C32H41ClN4O5. The summed E-state index contributed by atoms with van der Waals surface area (Å²) in [6.07, 6.45) is 3.95. The number of fused-ring (bicyclic) bond motifs is 1. The molecule has 0 unspecified atom stereocenters. The monoisotopic (exact) mass is 596 g/mol. The van der Waals surface area contributed by atoms with E-state index in [2.05, 4.69) is 0 Å². The van der Waals surface area contributed by atoms with Gasteiger partial charge in [-0.2, -0.15) is 0 Å². The van der Waals surface area contributed by atoms with Crippen LogP contribution in [0.2, 0.25) is 5.02 Å². The van der Waals surface area contributed by atoms with Crippen LogP contribution in [0.3, 0.4) is 0 Å². The van der Waals surface area contributed by atoms with Crippen LogP contribution in [0.1, 0.15) is 81.1 Å². The number of benzene rings is 2. The van der Waals surface area contributed by atoms with Crippen LogP contribution in [0.15, 0.2) is 54.7 Å². The Bertz CT molecular complexity index is 1420. The van der Waals surface area contributed by atoms with Crippen LogP contribution in [0.4, 0.5) is 0 Å². The van der Waals surface area contributed by atoms with Crippen molar-refractivity contribution in [2.75, 3.05) is 6.54 Å². The minimum atomic E-state index is -2.05. The van der Waals surface area contributed by atoms with Crippen LogP contribution < -0.4 is 11.5 Å². The summed E-state index contributed by atoms with van der Waals surface area (Å²) in [5.41, 5.74) is 12.2. The Morgan fingerprint density at radius 1 is 1.02 bits per heavy atom. The van der Waals surface area contributed by atoms with Gasteiger partial charge in [-0.3, -0.25) is 19.2 Å². The first kappa shape index (κ1) is 32.8. The molecule has 0 aliphatic rings. The molecule has 0 saturated heterocycles. The highest BCUT2D eigenvalue weighted by molar-refractivity contribution is 6.31. The van der Waals surface area contributed by atoms with E-state index >= 15 is 0 Å². The van der Waals surface area contributed by atoms with Gasteiger partial charge in [0.25, 0.3) is 5.91 Å². The molecule has 2 amide bonds. The molecule has 2 aromatic carbocycles. The number of primary amides is 1. The molecule has 0 radical (unpaired) electrons. The summed E-state index contributed by atoms with van der Waals surface area (Å²) in [6, 6.07) is 14.2. The number of carbonyl (C=O) groups is 4. The summed E-state index contributed by atoms with van der Waals surface area (Å²) in [5, 5.41) is 10.5. The Morgan fingerprint density at radius 3 is 2.36 bits per heavy atom. The first-order valence-electron chi connectivity index (χ1n) is 14.5. The van der Waals surface area contributed by atoms with Gasteiger partial charge in [0.1, 0.15) is 0 Å². The van der Waals surface area contributed by atoms with Gasteiger partial charge in [0.15, 0.2) is 11.3 Å². The van der Waals surface area contributed by atoms with E-state index < -0.39 is 35.1 Å². The quantitative estimate of drug-likeness (QED) is 0.145. The fourth-order valence-electron chi connectivity index (χ4n) is 5.43. The Hall–Kier alpha value is -3.69. The number of halogens is 1. The first-order chi connectivity index (χ1) is 20.0. The van der Waals surface area contributed by atoms with Gasteiger partial charge >= 0.3 is 5.97 Å². The lowest BCUT2D eigenvalue weighted by atomic mass is 9.83. The number of carboxylic acids is 1. The van der Waals surface area contributed by atoms with Gasteiger partial charge in [-0.25, -0.2) is 0 Å². The molecule has 0 bridgehead atoms. The van der Waals surface area contributed by atoms with Gasteiger partial charge in [0.2, 0.25) is 5.91 Å². The van der Waals surface area contributed by atoms with Gasteiger partial charge in [-0.15, -0.1) is 0 Å². The fraction of sp³-hybridized carbons (Fsp3) is 0.438. The van der Waals surface area contributed by atoms with Crippen molar-refractivity contribution < 1.29 is 24.3 Å². The van der Waals surface area contributed by atoms with Crippen molar-refractivity contribution in [1.82, 2.24) is 9.47 Å². The molecule has 0 aliphatic carbocycles. The third kappa shape index (κ3) is 7.77. The van der Waals surface area contributed by atoms with Crippen LogP contribution in [-0.4, -0.2) is 56.3 Å². The lowest BCUT2D eigenvalue weighted by molar-refractivity contribution is -0.140. The average Bonchev–Trinajstić information content (AvgIpc) is 3.32. The second-order valence-electron chi connectivity index (χ2n) is 10.8. The smallest absolute Gasteiger partial charge is 0.303 e. The molecule has 9 nitrogen and oxygen atoms in total. The number of hydrogen-bond acceptors (Lipinski definition) is 5. The van der Waals surface area contributed by atoms with E-state index in [-0.39, 0.29) is 37.8 Å². The highest BCUT2D eigenvalue weighted by Crippen LogP contribution is 2.30. The highest BCUT2D eigenvalue weighted by atomic mass is 35.5. The molecular weight excluding hydrogens is 556 g/mol. The van der Waals surface area contributed by atoms with E-state index in [4.69, 9.17) is 23.1 Å². The van der Waals surface area contributed by atoms with Crippen LogP contribution in [0.25, 0.3) is 10.9 Å². The van der Waals surface area contributed by atoms with Crippen molar-refractivity contribution in [3.05, 3.63) is 70.9 Å². The third-order valence-electron chi connectivity index (χ3n) is 7.57. The number of aliphatic carboxylic acids is 1. The van der Waals surface area contributed by atoms with Crippen LogP contribution in [0, 0.1) is 0 Å². The summed E-state index contributed by atoms with van der Waals surface area (Å²) in [6.45, 7) is 4.57. The second-order valence-corrected chi connectivity index (χ2v) is 11.2. The van der Waals surface area contributed by atoms with Gasteiger partial charge in [-0.1, -0.05) is 74.7 Å². The van der Waals surface area contributed by atoms with E-state index in [1.165, 1.54) is 4.90 Å². The zero-order chi connectivity index (χ0) is 30.9. The molecule has 1 aromatic heterocycles. The Labute approximate surface area is 251 Å². The number of hydrogen-bond donors (Lipinski definition) is 3. The van der Waals surface area contributed by atoms with Crippen molar-refractivity contribution >= 4 is 46.1 Å². The number of aromatic nitrogens is 1. The summed E-state index contributed by atoms with van der Waals surface area (Å²) in [5.74, 6) is -2.81. The lowest BCUT2D eigenvalue weighted by Crippen LogP contribution is -2.62. The van der Waals surface area contributed by atoms with Crippen LogP contribution in [-0.2, 0) is 20.9 Å². The van der Waals surface area contributed by atoms with E-state index in [0.29, 0.717) is 29.8 Å². The lowest BCUT2D eigenvalue weighted by Gasteiger charge is -2.38. The fourth-order valence-corrected chi connectivity index (χ4v) is 5.63. The minimum Gasteiger partial charge on any atom is -0.481 e. The molecule has 0 spiro atoms. The van der Waals surface area contributed by atoms with Gasteiger partial charge in [0, 0.05) is 59.7 Å². The summed E-state index contributed by atoms with van der Waals surface area (Å²) in [7, 11) is 0. The highest BCUT2D eigenvalue weighted by Gasteiger charge is 2.46. The molecule has 10 heteroatoms. The minimum absolute atomic E-state index is 0.0248. The van der Waals surface area contributed by atoms with Crippen LogP contribution in [0.5, 0.6) is 0 Å². The first-order valence-corrected chi connectivity index (χ1v) is 14.9. The Morgan fingerprint density at radius 2 is 1.71 bits per heavy atom. The van der Waals surface area contributed by atoms with Crippen molar-refractivity contribution in [3.63, 3.8) is 0 Å². The average molecular weight is 597 g/mol. The summed E-state index contributed by atoms with van der Waals surface area (Å²) < 4.78 is 1.90. The predicted molar refractivity (Wildman–Crippen MR) is 164 cm³/mol. The number of carboxylic acid groups (broad SMARTS) is 1. The number of nitrogens with two attached hydrogens (primary N) is 2. The SMILES string of the molecule is CCCC[C@@H](CC(N)=O)N(CCC)C(=O)[C@](N)(CCCC(=O)O)C(=O)c1cn(Cc2ccccc2Cl)c2ccccc12. The maximum Gasteiger partial charge on any atom is 0.303 e. The third-order valence-corrected chi connectivity index (χ3v) is 7.94. The summed E-state index contributed by atoms with van der Waals surface area (Å²) in [4.78, 5) is 53.7. The number of nitrogens with zero attached hydrogens (tertiary/aromatic N) is 2. The standard InChI is InChI=1S/C32H41ClN4O5/c1-3-5-12-23(19-28(34)38)37(18-4-2)31(42)32(35,17-10-16-29(39)40)30(41)25-21-36(27-15-9-7-13-24(25)27)20-22-11-6-8-14-26(22)33/h6-9,11,13-15,21,23H,3-5,10,12,16-20,35H2,1-2H3,(H2,34,38)(H,39,40)/t23-,32-/m0/s1. The van der Waals surface area contributed by atoms with E-state index in [1.807, 2.05) is 48.7 Å². The predicted octanol–water partition coefficient (Wildman–Crippen LogP) is 5.15. The molecule has 0 fully saturated rings. The van der Waals surface area contributed by atoms with Crippen LogP contribution >= 0.6 is 11.6 Å². The Balaban J connectivity index is 2.11. The summed E-state index contributed by atoms with van der Waals surface area (Å²) >= 11 is 6.43. The second kappa shape index (κ2) is 15.0. The molecule has 3 rings (SSSR count). The van der Waals surface area contributed by atoms with Gasteiger partial charge < -0.3 is 26.0 Å². The Kier molecular flexibility index (Phi) is 11.7. The van der Waals surface area contributed by atoms with E-state index in [0.717, 1.165) is 23.9 Å². The van der Waals surface area contributed by atoms with Crippen molar-refractivity contribution in [2.24, 2.45) is 11.5 Å². The molecule has 226 valence electrons. The maximum absolute atomic E-state index is 14.4. The molecule has 0 saturated carbocycles. The number of Topliss-reactive ketones (excluding diaryl/α,β-unsaturated/α-hetero) is 1. The van der Waals surface area contributed by atoms with E-state index in [1.54, 1.807) is 24.4 Å². The number of para-hydroxylation sites is 1. The number of amides is 2. The van der Waals surface area contributed by atoms with Gasteiger partial charge in [-0.05, 0) is 43.4 Å². The van der Waals surface area contributed by atoms with Crippen molar-refractivity contribution in [2.45, 2.75) is 83.3 Å². The molecule has 5 N–H and O–H groups in total. The number of rotatable bonds is 17. The molecule has 2 atom stereocenters. The normalized spacial score (nSPS) is 13.4. The van der Waals surface area contributed by atoms with E-state index in [9.17, 15) is 24.3 Å².